The maximum atomic E-state index is 12.4. The van der Waals surface area contributed by atoms with Crippen LogP contribution in [0.2, 0.25) is 0 Å². The van der Waals surface area contributed by atoms with Crippen molar-refractivity contribution < 1.29 is 18.7 Å². The second kappa shape index (κ2) is 9.86. The number of hydrogen-bond donors (Lipinski definition) is 1. The summed E-state index contributed by atoms with van der Waals surface area (Å²) in [6, 6.07) is 11.1. The second-order valence-corrected chi connectivity index (χ2v) is 6.68. The number of nitrogens with zero attached hydrogens (tertiary/aromatic N) is 3. The predicted molar refractivity (Wildman–Crippen MR) is 119 cm³/mol. The highest BCUT2D eigenvalue weighted by molar-refractivity contribution is 14.0. The molecule has 0 bridgehead atoms. The molecule has 9 heteroatoms. The average molecular weight is 512 g/mol. The molecule has 1 N–H and O–H groups in total. The Morgan fingerprint density at radius 1 is 1.10 bits per heavy atom. The van der Waals surface area contributed by atoms with Gasteiger partial charge in [0.25, 0.3) is 5.91 Å². The molecule has 0 spiro atoms. The molecule has 1 fully saturated rings. The summed E-state index contributed by atoms with van der Waals surface area (Å²) in [6.07, 6.45) is 1.43. The molecule has 0 saturated carbocycles. The van der Waals surface area contributed by atoms with Crippen molar-refractivity contribution in [3.63, 3.8) is 0 Å². The maximum Gasteiger partial charge on any atom is 0.289 e. The summed E-state index contributed by atoms with van der Waals surface area (Å²) >= 11 is 0. The number of carbonyl (C=O) groups excluding carboxylic acids is 1. The Labute approximate surface area is 186 Å². The first-order chi connectivity index (χ1) is 13.7. The third-order valence-corrected chi connectivity index (χ3v) is 4.87. The molecule has 1 unspecified atom stereocenters. The van der Waals surface area contributed by atoms with Gasteiger partial charge in [0.05, 0.1) is 12.8 Å². The Kier molecular flexibility index (Phi) is 7.24. The number of hydrogen-bond acceptors (Lipinski definition) is 5. The molecular weight excluding hydrogens is 487 g/mol. The lowest BCUT2D eigenvalue weighted by Crippen LogP contribution is -2.55. The van der Waals surface area contributed by atoms with Crippen LogP contribution in [0, 0.1) is 0 Å². The lowest BCUT2D eigenvalue weighted by molar-refractivity contribution is 0.0655. The van der Waals surface area contributed by atoms with E-state index in [2.05, 4.69) is 15.2 Å². The molecule has 2 aromatic rings. The number of ether oxygens (including phenoxy) is 2. The molecule has 3 heterocycles. The largest absolute Gasteiger partial charge is 0.486 e. The van der Waals surface area contributed by atoms with E-state index in [4.69, 9.17) is 13.9 Å². The number of piperazine rings is 1. The first-order valence-electron chi connectivity index (χ1n) is 9.41. The molecule has 1 aromatic heterocycles. The summed E-state index contributed by atoms with van der Waals surface area (Å²) < 4.78 is 16.9. The number of benzene rings is 1. The summed E-state index contributed by atoms with van der Waals surface area (Å²) in [5.74, 6) is 2.65. The fraction of sp³-hybridized carbons (Fsp3) is 0.400. The number of carbonyl (C=O) groups is 1. The molecule has 8 nitrogen and oxygen atoms in total. The van der Waals surface area contributed by atoms with E-state index in [1.807, 2.05) is 24.3 Å². The van der Waals surface area contributed by atoms with E-state index >= 15 is 0 Å². The SMILES string of the molecule is CN=C(NCC1COc2ccccc2O1)N1CCN(C(=O)c2ccco2)CC1.I. The zero-order valence-corrected chi connectivity index (χ0v) is 18.6. The minimum atomic E-state index is -0.0894. The van der Waals surface area contributed by atoms with Crippen LogP contribution in [-0.4, -0.2) is 74.1 Å². The van der Waals surface area contributed by atoms with Gasteiger partial charge in [-0.1, -0.05) is 12.1 Å². The number of halogens is 1. The van der Waals surface area contributed by atoms with Crippen molar-refractivity contribution in [2.45, 2.75) is 6.10 Å². The van der Waals surface area contributed by atoms with Gasteiger partial charge in [0.15, 0.2) is 23.2 Å². The van der Waals surface area contributed by atoms with Gasteiger partial charge in [-0.15, -0.1) is 24.0 Å². The van der Waals surface area contributed by atoms with Gasteiger partial charge in [-0.05, 0) is 24.3 Å². The summed E-state index contributed by atoms with van der Waals surface area (Å²) in [7, 11) is 1.76. The van der Waals surface area contributed by atoms with Gasteiger partial charge in [-0.2, -0.15) is 0 Å². The van der Waals surface area contributed by atoms with E-state index in [0.29, 0.717) is 45.1 Å². The zero-order valence-electron chi connectivity index (χ0n) is 16.2. The zero-order chi connectivity index (χ0) is 19.3. The van der Waals surface area contributed by atoms with Crippen LogP contribution >= 0.6 is 24.0 Å². The van der Waals surface area contributed by atoms with Crippen molar-refractivity contribution in [3.05, 3.63) is 48.4 Å². The van der Waals surface area contributed by atoms with Gasteiger partial charge >= 0.3 is 0 Å². The Bertz CT molecular complexity index is 835. The Morgan fingerprint density at radius 3 is 2.52 bits per heavy atom. The molecule has 2 aliphatic heterocycles. The van der Waals surface area contributed by atoms with Crippen molar-refractivity contribution in [1.29, 1.82) is 0 Å². The minimum Gasteiger partial charge on any atom is -0.486 e. The van der Waals surface area contributed by atoms with Crippen LogP contribution < -0.4 is 14.8 Å². The quantitative estimate of drug-likeness (QED) is 0.386. The van der Waals surface area contributed by atoms with E-state index in [9.17, 15) is 4.79 Å². The number of furan rings is 1. The molecule has 156 valence electrons. The summed E-state index contributed by atoms with van der Waals surface area (Å²) in [5.41, 5.74) is 0. The lowest BCUT2D eigenvalue weighted by Gasteiger charge is -2.36. The van der Waals surface area contributed by atoms with Crippen LogP contribution in [0.5, 0.6) is 11.5 Å². The molecule has 1 saturated heterocycles. The number of para-hydroxylation sites is 2. The number of guanidine groups is 1. The fourth-order valence-corrected chi connectivity index (χ4v) is 3.38. The maximum absolute atomic E-state index is 12.4. The van der Waals surface area contributed by atoms with E-state index < -0.39 is 0 Å². The van der Waals surface area contributed by atoms with Crippen molar-refractivity contribution in [2.24, 2.45) is 4.99 Å². The molecular formula is C20H25IN4O4. The monoisotopic (exact) mass is 512 g/mol. The van der Waals surface area contributed by atoms with Gasteiger partial charge < -0.3 is 29.0 Å². The number of nitrogens with one attached hydrogen (secondary N) is 1. The Hall–Kier alpha value is -2.43. The van der Waals surface area contributed by atoms with Gasteiger partial charge in [0.1, 0.15) is 12.7 Å². The highest BCUT2D eigenvalue weighted by Gasteiger charge is 2.26. The molecule has 1 amide bonds. The number of aliphatic imine (C=N–C) groups is 1. The molecule has 0 radical (unpaired) electrons. The predicted octanol–water partition coefficient (Wildman–Crippen LogP) is 2.07. The fourth-order valence-electron chi connectivity index (χ4n) is 3.38. The van der Waals surface area contributed by atoms with Gasteiger partial charge in [0, 0.05) is 33.2 Å². The standard InChI is InChI=1S/C20H24N4O4.HI/c1-21-20(22-13-15-14-27-16-5-2-3-6-17(16)28-15)24-10-8-23(9-11-24)19(25)18-7-4-12-26-18;/h2-7,12,15H,8-11,13-14H2,1H3,(H,21,22);1H. The number of rotatable bonds is 3. The van der Waals surface area contributed by atoms with E-state index in [1.54, 1.807) is 24.1 Å². The van der Waals surface area contributed by atoms with Gasteiger partial charge in [-0.25, -0.2) is 0 Å². The van der Waals surface area contributed by atoms with Crippen LogP contribution in [0.4, 0.5) is 0 Å². The van der Waals surface area contributed by atoms with Crippen LogP contribution in [0.1, 0.15) is 10.6 Å². The van der Waals surface area contributed by atoms with Crippen molar-refractivity contribution in [2.75, 3.05) is 46.4 Å². The van der Waals surface area contributed by atoms with Crippen molar-refractivity contribution >= 4 is 35.8 Å². The summed E-state index contributed by atoms with van der Waals surface area (Å²) in [4.78, 5) is 20.7. The topological polar surface area (TPSA) is 79.5 Å². The smallest absolute Gasteiger partial charge is 0.289 e. The van der Waals surface area contributed by atoms with Crippen molar-refractivity contribution in [3.8, 4) is 11.5 Å². The van der Waals surface area contributed by atoms with Gasteiger partial charge in [0.2, 0.25) is 0 Å². The van der Waals surface area contributed by atoms with E-state index in [0.717, 1.165) is 17.5 Å². The normalized spacial score (nSPS) is 18.8. The van der Waals surface area contributed by atoms with Crippen molar-refractivity contribution in [1.82, 2.24) is 15.1 Å². The van der Waals surface area contributed by atoms with Gasteiger partial charge in [-0.3, -0.25) is 9.79 Å². The van der Waals surface area contributed by atoms with E-state index in [1.165, 1.54) is 6.26 Å². The van der Waals surface area contributed by atoms with E-state index in [-0.39, 0.29) is 36.0 Å². The Balaban J connectivity index is 0.00000240. The molecule has 0 aliphatic carbocycles. The van der Waals surface area contributed by atoms with Crippen LogP contribution in [0.15, 0.2) is 52.1 Å². The number of amides is 1. The van der Waals surface area contributed by atoms with Crippen LogP contribution in [0.25, 0.3) is 0 Å². The highest BCUT2D eigenvalue weighted by atomic mass is 127. The summed E-state index contributed by atoms with van der Waals surface area (Å²) in [5, 5.41) is 3.36. The molecule has 1 atom stereocenters. The van der Waals surface area contributed by atoms with Crippen LogP contribution in [0.3, 0.4) is 0 Å². The second-order valence-electron chi connectivity index (χ2n) is 6.68. The third kappa shape index (κ3) is 4.95. The summed E-state index contributed by atoms with van der Waals surface area (Å²) in [6.45, 7) is 3.74. The third-order valence-electron chi connectivity index (χ3n) is 4.87. The minimum absolute atomic E-state index is 0. The molecule has 29 heavy (non-hydrogen) atoms. The first-order valence-corrected chi connectivity index (χ1v) is 9.41. The van der Waals surface area contributed by atoms with Crippen LogP contribution in [-0.2, 0) is 0 Å². The Morgan fingerprint density at radius 2 is 1.83 bits per heavy atom. The number of fused-ring (bicyclic) bond motifs is 1. The lowest BCUT2D eigenvalue weighted by atomic mass is 10.2. The average Bonchev–Trinajstić information content (AvgIpc) is 3.29. The first kappa shape index (κ1) is 21.3. The highest BCUT2D eigenvalue weighted by Crippen LogP contribution is 2.30. The molecule has 1 aromatic carbocycles. The molecule has 4 rings (SSSR count). The molecule has 2 aliphatic rings.